The molecule has 0 radical (unpaired) electrons. The number of halogens is 2. The van der Waals surface area contributed by atoms with Crippen LogP contribution in [0.25, 0.3) is 0 Å². The van der Waals surface area contributed by atoms with Crippen LogP contribution < -0.4 is 14.8 Å². The van der Waals surface area contributed by atoms with Crippen molar-refractivity contribution in [1.29, 1.82) is 0 Å². The van der Waals surface area contributed by atoms with Crippen molar-refractivity contribution in [2.24, 2.45) is 0 Å². The fourth-order valence-electron chi connectivity index (χ4n) is 2.45. The molecule has 0 aliphatic rings. The van der Waals surface area contributed by atoms with E-state index in [4.69, 9.17) is 4.74 Å². The number of nitrogens with zero attached hydrogens (tertiary/aromatic N) is 1. The fourth-order valence-corrected chi connectivity index (χ4v) is 3.00. The topological polar surface area (TPSA) is 60.5 Å². The van der Waals surface area contributed by atoms with Crippen molar-refractivity contribution in [2.75, 3.05) is 6.54 Å². The first-order chi connectivity index (χ1) is 13.6. The Hall–Kier alpha value is -3.00. The summed E-state index contributed by atoms with van der Waals surface area (Å²) in [6.07, 6.45) is 0.570. The molecule has 2 aromatic carbocycles. The molecule has 5 nitrogen and oxygen atoms in total. The fraction of sp³-hybridized carbons (Fsp3) is 0.200. The molecule has 1 heterocycles. The van der Waals surface area contributed by atoms with Gasteiger partial charge >= 0.3 is 6.61 Å². The van der Waals surface area contributed by atoms with Crippen LogP contribution >= 0.6 is 11.3 Å². The second kappa shape index (κ2) is 9.80. The van der Waals surface area contributed by atoms with E-state index in [-0.39, 0.29) is 11.7 Å². The lowest BCUT2D eigenvalue weighted by atomic mass is 10.1. The molecular formula is C20H18F2N2O3S. The maximum Gasteiger partial charge on any atom is 0.387 e. The van der Waals surface area contributed by atoms with Crippen LogP contribution in [-0.2, 0) is 13.0 Å². The molecule has 8 heteroatoms. The number of amides is 1. The number of ether oxygens (including phenoxy) is 2. The van der Waals surface area contributed by atoms with Crippen molar-refractivity contribution < 1.29 is 23.0 Å². The maximum absolute atomic E-state index is 12.3. The third kappa shape index (κ3) is 6.02. The van der Waals surface area contributed by atoms with Gasteiger partial charge in [0.15, 0.2) is 0 Å². The van der Waals surface area contributed by atoms with E-state index in [0.717, 1.165) is 11.3 Å². The Kier molecular flexibility index (Phi) is 6.91. The number of nitrogens with one attached hydrogen (secondary N) is 1. The van der Waals surface area contributed by atoms with E-state index in [2.05, 4.69) is 15.0 Å². The van der Waals surface area contributed by atoms with Crippen LogP contribution in [0.1, 0.15) is 21.6 Å². The van der Waals surface area contributed by atoms with Crippen LogP contribution in [0, 0.1) is 0 Å². The van der Waals surface area contributed by atoms with Gasteiger partial charge in [0.25, 0.3) is 5.91 Å². The van der Waals surface area contributed by atoms with Gasteiger partial charge in [0.2, 0.25) is 0 Å². The third-order valence-electron chi connectivity index (χ3n) is 3.81. The normalized spacial score (nSPS) is 10.7. The summed E-state index contributed by atoms with van der Waals surface area (Å²) in [7, 11) is 0. The number of hydrogen-bond acceptors (Lipinski definition) is 5. The largest absolute Gasteiger partial charge is 0.487 e. The molecule has 1 N–H and O–H groups in total. The van der Waals surface area contributed by atoms with Crippen LogP contribution in [0.2, 0.25) is 0 Å². The first-order valence-electron chi connectivity index (χ1n) is 8.52. The molecule has 0 spiro atoms. The minimum atomic E-state index is -2.84. The van der Waals surface area contributed by atoms with Gasteiger partial charge in [-0.2, -0.15) is 8.78 Å². The quantitative estimate of drug-likeness (QED) is 0.578. The van der Waals surface area contributed by atoms with Gasteiger partial charge in [0.05, 0.1) is 11.2 Å². The van der Waals surface area contributed by atoms with Crippen molar-refractivity contribution in [2.45, 2.75) is 19.6 Å². The standard InChI is InChI=1S/C20H18F2N2O3S/c21-20(22)27-17-6-4-14(5-7-17)8-9-23-19(25)15-2-1-3-18(10-15)26-11-16-12-28-13-24-16/h1-7,10,12-13,20H,8-9,11H2,(H,23,25). The molecule has 0 atom stereocenters. The Morgan fingerprint density at radius 1 is 1.14 bits per heavy atom. The predicted molar refractivity (Wildman–Crippen MR) is 102 cm³/mol. The highest BCUT2D eigenvalue weighted by Crippen LogP contribution is 2.16. The summed E-state index contributed by atoms with van der Waals surface area (Å²) in [5.41, 5.74) is 3.98. The highest BCUT2D eigenvalue weighted by Gasteiger charge is 2.08. The molecule has 1 aromatic heterocycles. The molecule has 0 aliphatic heterocycles. The molecule has 28 heavy (non-hydrogen) atoms. The number of benzene rings is 2. The Bertz CT molecular complexity index is 887. The first kappa shape index (κ1) is 19.8. The monoisotopic (exact) mass is 404 g/mol. The second-order valence-corrected chi connectivity index (χ2v) is 6.54. The summed E-state index contributed by atoms with van der Waals surface area (Å²) >= 11 is 1.50. The lowest BCUT2D eigenvalue weighted by molar-refractivity contribution is -0.0498. The van der Waals surface area contributed by atoms with E-state index in [1.807, 2.05) is 5.38 Å². The Labute approximate surface area is 164 Å². The average Bonchev–Trinajstić information content (AvgIpc) is 3.21. The van der Waals surface area contributed by atoms with Gasteiger partial charge in [0, 0.05) is 17.5 Å². The van der Waals surface area contributed by atoms with Crippen LogP contribution in [-0.4, -0.2) is 24.0 Å². The van der Waals surface area contributed by atoms with Crippen molar-refractivity contribution in [3.63, 3.8) is 0 Å². The van der Waals surface area contributed by atoms with Crippen molar-refractivity contribution in [1.82, 2.24) is 10.3 Å². The number of aromatic nitrogens is 1. The van der Waals surface area contributed by atoms with E-state index in [0.29, 0.717) is 30.9 Å². The van der Waals surface area contributed by atoms with E-state index >= 15 is 0 Å². The minimum Gasteiger partial charge on any atom is -0.487 e. The molecule has 3 rings (SSSR count). The third-order valence-corrected chi connectivity index (χ3v) is 4.45. The molecule has 0 saturated carbocycles. The van der Waals surface area contributed by atoms with Gasteiger partial charge in [-0.25, -0.2) is 4.98 Å². The average molecular weight is 404 g/mol. The van der Waals surface area contributed by atoms with Crippen LogP contribution in [0.4, 0.5) is 8.78 Å². The van der Waals surface area contributed by atoms with Gasteiger partial charge in [-0.3, -0.25) is 4.79 Å². The SMILES string of the molecule is O=C(NCCc1ccc(OC(F)F)cc1)c1cccc(OCc2cscn2)c1. The smallest absolute Gasteiger partial charge is 0.387 e. The van der Waals surface area contributed by atoms with Gasteiger partial charge in [0.1, 0.15) is 18.1 Å². The van der Waals surface area contributed by atoms with Crippen LogP contribution in [0.5, 0.6) is 11.5 Å². The van der Waals surface area contributed by atoms with Crippen molar-refractivity contribution >= 4 is 17.2 Å². The first-order valence-corrected chi connectivity index (χ1v) is 9.46. The molecule has 0 saturated heterocycles. The van der Waals surface area contributed by atoms with Crippen molar-refractivity contribution in [3.8, 4) is 11.5 Å². The van der Waals surface area contributed by atoms with E-state index in [1.54, 1.807) is 41.9 Å². The summed E-state index contributed by atoms with van der Waals surface area (Å²) in [6.45, 7) is -2.08. The lowest BCUT2D eigenvalue weighted by Crippen LogP contribution is -2.25. The van der Waals surface area contributed by atoms with Gasteiger partial charge in [-0.15, -0.1) is 11.3 Å². The molecular weight excluding hydrogens is 386 g/mol. The number of carbonyl (C=O) groups is 1. The van der Waals surface area contributed by atoms with E-state index in [9.17, 15) is 13.6 Å². The minimum absolute atomic E-state index is 0.109. The molecule has 0 bridgehead atoms. The Morgan fingerprint density at radius 2 is 1.96 bits per heavy atom. The van der Waals surface area contributed by atoms with Crippen LogP contribution in [0.3, 0.4) is 0 Å². The van der Waals surface area contributed by atoms with E-state index < -0.39 is 6.61 Å². The summed E-state index contributed by atoms with van der Waals surface area (Å²) in [4.78, 5) is 16.5. The maximum atomic E-state index is 12.3. The summed E-state index contributed by atoms with van der Waals surface area (Å²) in [5, 5.41) is 4.74. The lowest BCUT2D eigenvalue weighted by Gasteiger charge is -2.09. The molecule has 0 unspecified atom stereocenters. The van der Waals surface area contributed by atoms with E-state index in [1.165, 1.54) is 23.5 Å². The Morgan fingerprint density at radius 3 is 2.68 bits per heavy atom. The zero-order valence-electron chi connectivity index (χ0n) is 14.8. The number of thiazole rings is 1. The Balaban J connectivity index is 1.47. The zero-order chi connectivity index (χ0) is 19.8. The van der Waals surface area contributed by atoms with Gasteiger partial charge in [-0.1, -0.05) is 18.2 Å². The predicted octanol–water partition coefficient (Wildman–Crippen LogP) is 4.30. The molecule has 146 valence electrons. The zero-order valence-corrected chi connectivity index (χ0v) is 15.6. The molecule has 0 fully saturated rings. The van der Waals surface area contributed by atoms with Crippen molar-refractivity contribution in [3.05, 3.63) is 76.2 Å². The van der Waals surface area contributed by atoms with Crippen LogP contribution in [0.15, 0.2) is 59.4 Å². The molecule has 3 aromatic rings. The highest BCUT2D eigenvalue weighted by molar-refractivity contribution is 7.07. The number of rotatable bonds is 9. The molecule has 0 aliphatic carbocycles. The number of alkyl halides is 2. The summed E-state index contributed by atoms with van der Waals surface area (Å²) in [6, 6.07) is 13.3. The number of hydrogen-bond donors (Lipinski definition) is 1. The highest BCUT2D eigenvalue weighted by atomic mass is 32.1. The number of carbonyl (C=O) groups excluding carboxylic acids is 1. The van der Waals surface area contributed by atoms with Gasteiger partial charge in [-0.05, 0) is 42.3 Å². The van der Waals surface area contributed by atoms with Gasteiger partial charge < -0.3 is 14.8 Å². The summed E-state index contributed by atoms with van der Waals surface area (Å²) < 4.78 is 34.2. The summed E-state index contributed by atoms with van der Waals surface area (Å²) in [5.74, 6) is 0.490. The second-order valence-electron chi connectivity index (χ2n) is 5.82. The molecule has 1 amide bonds.